The molecule has 2 aromatic carbocycles. The smallest absolute Gasteiger partial charge is 0.255 e. The first-order valence-electron chi connectivity index (χ1n) is 6.73. The lowest BCUT2D eigenvalue weighted by molar-refractivity contribution is -0.118. The second kappa shape index (κ2) is 8.16. The maximum atomic E-state index is 12.2. The van der Waals surface area contributed by atoms with Crippen LogP contribution in [0.4, 0.5) is 5.69 Å². The van der Waals surface area contributed by atoms with E-state index in [4.69, 9.17) is 22.1 Å². The number of carbonyl (C=O) groups excluding carboxylic acids is 2. The second-order valence-electron chi connectivity index (χ2n) is 4.67. The Bertz CT molecular complexity index is 720. The van der Waals surface area contributed by atoms with Crippen molar-refractivity contribution < 1.29 is 14.3 Å². The molecular weight excluding hydrogens is 431 g/mol. The number of primary amides is 1. The van der Waals surface area contributed by atoms with E-state index >= 15 is 0 Å². The number of halogens is 2. The van der Waals surface area contributed by atoms with Crippen LogP contribution in [-0.2, 0) is 4.79 Å². The minimum atomic E-state index is -0.411. The number of hydrogen-bond donors (Lipinski definition) is 2. The van der Waals surface area contributed by atoms with Gasteiger partial charge in [-0.2, -0.15) is 0 Å². The van der Waals surface area contributed by atoms with Gasteiger partial charge in [0.2, 0.25) is 5.91 Å². The van der Waals surface area contributed by atoms with Gasteiger partial charge in [0.1, 0.15) is 5.75 Å². The van der Waals surface area contributed by atoms with Crippen molar-refractivity contribution in [3.8, 4) is 5.75 Å². The number of carbonyl (C=O) groups is 2. The van der Waals surface area contributed by atoms with E-state index in [1.54, 1.807) is 42.5 Å². The summed E-state index contributed by atoms with van der Waals surface area (Å²) in [6.45, 7) is 0.226. The fraction of sp³-hybridized carbons (Fsp3) is 0.125. The van der Waals surface area contributed by atoms with E-state index in [0.29, 0.717) is 22.0 Å². The number of hydrogen-bond acceptors (Lipinski definition) is 3. The van der Waals surface area contributed by atoms with Crippen LogP contribution >= 0.6 is 34.2 Å². The van der Waals surface area contributed by atoms with Gasteiger partial charge in [0.25, 0.3) is 5.91 Å². The van der Waals surface area contributed by atoms with E-state index in [2.05, 4.69) is 27.9 Å². The van der Waals surface area contributed by atoms with Gasteiger partial charge in [-0.15, -0.1) is 0 Å². The van der Waals surface area contributed by atoms with Crippen LogP contribution in [0.2, 0.25) is 5.02 Å². The fourth-order valence-electron chi connectivity index (χ4n) is 1.74. The molecule has 0 saturated carbocycles. The number of nitrogens with one attached hydrogen (secondary N) is 1. The van der Waals surface area contributed by atoms with E-state index in [1.807, 2.05) is 0 Å². The maximum Gasteiger partial charge on any atom is 0.255 e. The molecule has 3 N–H and O–H groups in total. The number of ether oxygens (including phenoxy) is 1. The van der Waals surface area contributed by atoms with Crippen molar-refractivity contribution in [2.24, 2.45) is 5.73 Å². The van der Waals surface area contributed by atoms with Gasteiger partial charge in [0.15, 0.2) is 0 Å². The fourth-order valence-corrected chi connectivity index (χ4v) is 2.38. The number of rotatable bonds is 6. The Balaban J connectivity index is 1.95. The molecule has 0 fully saturated rings. The van der Waals surface area contributed by atoms with Gasteiger partial charge in [-0.25, -0.2) is 0 Å². The van der Waals surface area contributed by atoms with Crippen molar-refractivity contribution in [1.29, 1.82) is 0 Å². The van der Waals surface area contributed by atoms with Crippen molar-refractivity contribution in [3.05, 3.63) is 56.6 Å². The Kier molecular flexibility index (Phi) is 6.23. The summed E-state index contributed by atoms with van der Waals surface area (Å²) < 4.78 is 6.18. The zero-order valence-electron chi connectivity index (χ0n) is 12.0. The zero-order chi connectivity index (χ0) is 16.8. The highest BCUT2D eigenvalue weighted by atomic mass is 127. The SMILES string of the molecule is NC(=O)CCOc1ccc(NC(=O)c2ccc(Cl)c(I)c2)cc1. The van der Waals surface area contributed by atoms with Gasteiger partial charge in [0.05, 0.1) is 18.1 Å². The van der Waals surface area contributed by atoms with Crippen LogP contribution in [0.15, 0.2) is 42.5 Å². The van der Waals surface area contributed by atoms with Crippen molar-refractivity contribution in [3.63, 3.8) is 0 Å². The lowest BCUT2D eigenvalue weighted by Crippen LogP contribution is -2.14. The Morgan fingerprint density at radius 2 is 1.87 bits per heavy atom. The minimum Gasteiger partial charge on any atom is -0.493 e. The molecule has 0 saturated heterocycles. The highest BCUT2D eigenvalue weighted by Crippen LogP contribution is 2.21. The van der Waals surface area contributed by atoms with E-state index in [-0.39, 0.29) is 18.9 Å². The van der Waals surface area contributed by atoms with Gasteiger partial charge in [0, 0.05) is 14.8 Å². The number of anilines is 1. The Hall–Kier alpha value is -1.80. The average Bonchev–Trinajstić information content (AvgIpc) is 2.51. The number of nitrogens with two attached hydrogens (primary N) is 1. The van der Waals surface area contributed by atoms with Crippen LogP contribution in [-0.4, -0.2) is 18.4 Å². The summed E-state index contributed by atoms with van der Waals surface area (Å²) in [5.41, 5.74) is 6.20. The summed E-state index contributed by atoms with van der Waals surface area (Å²) >= 11 is 8.02. The Morgan fingerprint density at radius 3 is 2.48 bits per heavy atom. The summed E-state index contributed by atoms with van der Waals surface area (Å²) in [4.78, 5) is 22.8. The first-order chi connectivity index (χ1) is 11.0. The van der Waals surface area contributed by atoms with Gasteiger partial charge < -0.3 is 15.8 Å². The van der Waals surface area contributed by atoms with Gasteiger partial charge in [-0.05, 0) is 65.1 Å². The molecule has 2 aromatic rings. The van der Waals surface area contributed by atoms with E-state index in [0.717, 1.165) is 3.57 Å². The first-order valence-corrected chi connectivity index (χ1v) is 8.19. The van der Waals surface area contributed by atoms with Crippen LogP contribution in [0, 0.1) is 3.57 Å². The molecule has 0 aliphatic carbocycles. The summed E-state index contributed by atoms with van der Waals surface area (Å²) in [7, 11) is 0. The molecular formula is C16H14ClIN2O3. The first kappa shape index (κ1) is 17.6. The summed E-state index contributed by atoms with van der Waals surface area (Å²) in [6.07, 6.45) is 0.160. The molecule has 23 heavy (non-hydrogen) atoms. The molecule has 0 aromatic heterocycles. The van der Waals surface area contributed by atoms with Crippen LogP contribution < -0.4 is 15.8 Å². The van der Waals surface area contributed by atoms with Gasteiger partial charge >= 0.3 is 0 Å². The summed E-state index contributed by atoms with van der Waals surface area (Å²) in [6, 6.07) is 11.9. The standard InChI is InChI=1S/C16H14ClIN2O3/c17-13-6-1-10(9-14(13)18)16(22)20-11-2-4-12(5-3-11)23-8-7-15(19)21/h1-6,9H,7-8H2,(H2,19,21)(H,20,22). The summed E-state index contributed by atoms with van der Waals surface area (Å²) in [5, 5.41) is 3.40. The second-order valence-corrected chi connectivity index (χ2v) is 6.24. The largest absolute Gasteiger partial charge is 0.493 e. The third kappa shape index (κ3) is 5.40. The highest BCUT2D eigenvalue weighted by molar-refractivity contribution is 14.1. The molecule has 5 nitrogen and oxygen atoms in total. The van der Waals surface area contributed by atoms with E-state index < -0.39 is 5.91 Å². The Labute approximate surface area is 152 Å². The topological polar surface area (TPSA) is 81.4 Å². The van der Waals surface area contributed by atoms with Crippen LogP contribution in [0.1, 0.15) is 16.8 Å². The molecule has 0 spiro atoms. The molecule has 0 atom stereocenters. The molecule has 2 amide bonds. The van der Waals surface area contributed by atoms with Crippen molar-refractivity contribution >= 4 is 51.7 Å². The van der Waals surface area contributed by atoms with Gasteiger partial charge in [-0.1, -0.05) is 11.6 Å². The molecule has 0 unspecified atom stereocenters. The highest BCUT2D eigenvalue weighted by Gasteiger charge is 2.08. The van der Waals surface area contributed by atoms with Crippen LogP contribution in [0.5, 0.6) is 5.75 Å². The molecule has 0 aliphatic rings. The molecule has 2 rings (SSSR count). The van der Waals surface area contributed by atoms with E-state index in [9.17, 15) is 9.59 Å². The molecule has 120 valence electrons. The molecule has 0 bridgehead atoms. The quantitative estimate of drug-likeness (QED) is 0.670. The predicted octanol–water partition coefficient (Wildman–Crippen LogP) is 3.45. The normalized spacial score (nSPS) is 10.2. The number of benzene rings is 2. The lowest BCUT2D eigenvalue weighted by atomic mass is 10.2. The van der Waals surface area contributed by atoms with Crippen molar-refractivity contribution in [1.82, 2.24) is 0 Å². The van der Waals surface area contributed by atoms with Gasteiger partial charge in [-0.3, -0.25) is 9.59 Å². The third-order valence-electron chi connectivity index (χ3n) is 2.91. The summed E-state index contributed by atoms with van der Waals surface area (Å²) in [5.74, 6) is -0.0289. The molecule has 0 heterocycles. The van der Waals surface area contributed by atoms with E-state index in [1.165, 1.54) is 0 Å². The zero-order valence-corrected chi connectivity index (χ0v) is 14.9. The van der Waals surface area contributed by atoms with Crippen molar-refractivity contribution in [2.75, 3.05) is 11.9 Å². The monoisotopic (exact) mass is 444 g/mol. The molecule has 0 aliphatic heterocycles. The number of amides is 2. The minimum absolute atomic E-state index is 0.160. The molecule has 7 heteroatoms. The Morgan fingerprint density at radius 1 is 1.17 bits per heavy atom. The molecule has 0 radical (unpaired) electrons. The van der Waals surface area contributed by atoms with Crippen molar-refractivity contribution in [2.45, 2.75) is 6.42 Å². The third-order valence-corrected chi connectivity index (χ3v) is 4.45. The average molecular weight is 445 g/mol. The van der Waals surface area contributed by atoms with Crippen LogP contribution in [0.3, 0.4) is 0 Å². The maximum absolute atomic E-state index is 12.2. The lowest BCUT2D eigenvalue weighted by Gasteiger charge is -2.08. The predicted molar refractivity (Wildman–Crippen MR) is 97.9 cm³/mol. The van der Waals surface area contributed by atoms with Crippen LogP contribution in [0.25, 0.3) is 0 Å².